The Morgan fingerprint density at radius 2 is 2.08 bits per heavy atom. The standard InChI is InChI=1S/C18H23N5O3/c24-16(19-11-15-21-17(25)23-22-15)20-13-10-18(8-4-1-5-9-18)26-14-7-3-2-6-12(13)14/h2-3,6-7,13H,1,4-5,8-11H2,(H2,19,20,24)(H2,21,22,23,25)/t13-/m1/s1. The summed E-state index contributed by atoms with van der Waals surface area (Å²) < 4.78 is 6.38. The zero-order valence-electron chi connectivity index (χ0n) is 14.5. The number of hydrogen-bond acceptors (Lipinski definition) is 4. The number of aromatic amines is 2. The molecule has 1 saturated carbocycles. The molecule has 0 unspecified atom stereocenters. The minimum Gasteiger partial charge on any atom is -0.487 e. The number of amides is 2. The van der Waals surface area contributed by atoms with Crippen LogP contribution in [0.25, 0.3) is 0 Å². The number of carbonyl (C=O) groups excluding carboxylic acids is 1. The highest BCUT2D eigenvalue weighted by Crippen LogP contribution is 2.45. The summed E-state index contributed by atoms with van der Waals surface area (Å²) in [5.41, 5.74) is 0.435. The van der Waals surface area contributed by atoms with Gasteiger partial charge in [0.2, 0.25) is 0 Å². The van der Waals surface area contributed by atoms with Crippen molar-refractivity contribution in [2.45, 2.75) is 56.7 Å². The molecule has 1 atom stereocenters. The lowest BCUT2D eigenvalue weighted by Gasteiger charge is -2.44. The first-order chi connectivity index (χ1) is 12.6. The smallest absolute Gasteiger partial charge is 0.340 e. The van der Waals surface area contributed by atoms with Gasteiger partial charge < -0.3 is 15.4 Å². The molecule has 4 rings (SSSR count). The number of H-pyrrole nitrogens is 2. The SMILES string of the molecule is O=C(NCc1n[nH]c(=O)[nH]1)N[C@@H]1CC2(CCCCC2)Oc2ccccc21. The van der Waals surface area contributed by atoms with Gasteiger partial charge in [-0.25, -0.2) is 14.7 Å². The number of nitrogens with zero attached hydrogens (tertiary/aromatic N) is 1. The van der Waals surface area contributed by atoms with Gasteiger partial charge in [0.1, 0.15) is 17.2 Å². The highest BCUT2D eigenvalue weighted by Gasteiger charge is 2.42. The zero-order chi connectivity index (χ0) is 18.0. The van der Waals surface area contributed by atoms with Crippen LogP contribution in [0.5, 0.6) is 5.75 Å². The third-order valence-electron chi connectivity index (χ3n) is 5.23. The molecule has 0 radical (unpaired) electrons. The van der Waals surface area contributed by atoms with Crippen LogP contribution >= 0.6 is 0 Å². The molecule has 0 bridgehead atoms. The van der Waals surface area contributed by atoms with Gasteiger partial charge in [-0.05, 0) is 31.7 Å². The second-order valence-corrected chi connectivity index (χ2v) is 7.09. The van der Waals surface area contributed by atoms with E-state index in [1.54, 1.807) is 0 Å². The van der Waals surface area contributed by atoms with Crippen LogP contribution in [0.2, 0.25) is 0 Å². The van der Waals surface area contributed by atoms with Gasteiger partial charge in [0.25, 0.3) is 0 Å². The van der Waals surface area contributed by atoms with Crippen LogP contribution in [0.4, 0.5) is 4.79 Å². The van der Waals surface area contributed by atoms with E-state index in [-0.39, 0.29) is 29.9 Å². The van der Waals surface area contributed by atoms with Gasteiger partial charge in [0.15, 0.2) is 0 Å². The monoisotopic (exact) mass is 357 g/mol. The Kier molecular flexibility index (Phi) is 4.40. The molecular weight excluding hydrogens is 334 g/mol. The van der Waals surface area contributed by atoms with Gasteiger partial charge in [-0.3, -0.25) is 4.98 Å². The average molecular weight is 357 g/mol. The predicted molar refractivity (Wildman–Crippen MR) is 94.8 cm³/mol. The number of aromatic nitrogens is 3. The second kappa shape index (κ2) is 6.86. The molecule has 1 aliphatic heterocycles. The third kappa shape index (κ3) is 3.44. The van der Waals surface area contributed by atoms with Crippen molar-refractivity contribution >= 4 is 6.03 Å². The van der Waals surface area contributed by atoms with Crippen LogP contribution in [0, 0.1) is 0 Å². The van der Waals surface area contributed by atoms with Crippen molar-refractivity contribution in [3.05, 3.63) is 46.1 Å². The summed E-state index contributed by atoms with van der Waals surface area (Å²) in [6, 6.07) is 7.51. The number of benzene rings is 1. The van der Waals surface area contributed by atoms with E-state index < -0.39 is 0 Å². The normalized spacial score (nSPS) is 20.8. The largest absolute Gasteiger partial charge is 0.487 e. The summed E-state index contributed by atoms with van der Waals surface area (Å²) >= 11 is 0. The fourth-order valence-corrected chi connectivity index (χ4v) is 4.01. The number of urea groups is 1. The van der Waals surface area contributed by atoms with E-state index in [0.717, 1.165) is 43.4 Å². The Bertz CT molecular complexity index is 837. The van der Waals surface area contributed by atoms with Crippen LogP contribution in [-0.2, 0) is 6.54 Å². The number of fused-ring (bicyclic) bond motifs is 1. The van der Waals surface area contributed by atoms with E-state index in [2.05, 4.69) is 25.8 Å². The Labute approximate surface area is 150 Å². The molecule has 26 heavy (non-hydrogen) atoms. The molecule has 2 heterocycles. The van der Waals surface area contributed by atoms with Crippen LogP contribution in [0.15, 0.2) is 29.1 Å². The lowest BCUT2D eigenvalue weighted by Crippen LogP contribution is -2.48. The molecule has 8 heteroatoms. The van der Waals surface area contributed by atoms with Gasteiger partial charge in [-0.2, -0.15) is 5.10 Å². The third-order valence-corrected chi connectivity index (χ3v) is 5.23. The van der Waals surface area contributed by atoms with Crippen molar-refractivity contribution in [2.24, 2.45) is 0 Å². The minimum absolute atomic E-state index is 0.101. The first-order valence-corrected chi connectivity index (χ1v) is 9.09. The van der Waals surface area contributed by atoms with Crippen LogP contribution < -0.4 is 21.1 Å². The Balaban J connectivity index is 1.47. The molecule has 2 aliphatic rings. The van der Waals surface area contributed by atoms with E-state index in [4.69, 9.17) is 4.74 Å². The van der Waals surface area contributed by atoms with Crippen molar-refractivity contribution in [1.82, 2.24) is 25.8 Å². The molecule has 0 saturated heterocycles. The maximum Gasteiger partial charge on any atom is 0.340 e. The first-order valence-electron chi connectivity index (χ1n) is 9.09. The van der Waals surface area contributed by atoms with Crippen LogP contribution in [0.1, 0.15) is 56.0 Å². The molecule has 8 nitrogen and oxygen atoms in total. The van der Waals surface area contributed by atoms with Gasteiger partial charge in [-0.1, -0.05) is 24.6 Å². The van der Waals surface area contributed by atoms with E-state index in [1.165, 1.54) is 6.42 Å². The number of ether oxygens (including phenoxy) is 1. The van der Waals surface area contributed by atoms with E-state index in [0.29, 0.717) is 5.82 Å². The lowest BCUT2D eigenvalue weighted by atomic mass is 9.77. The second-order valence-electron chi connectivity index (χ2n) is 7.09. The maximum atomic E-state index is 12.4. The summed E-state index contributed by atoms with van der Waals surface area (Å²) in [6.07, 6.45) is 6.39. The summed E-state index contributed by atoms with van der Waals surface area (Å²) in [4.78, 5) is 25.9. The topological polar surface area (TPSA) is 112 Å². The molecule has 4 N–H and O–H groups in total. The number of rotatable bonds is 3. The summed E-state index contributed by atoms with van der Waals surface area (Å²) in [6.45, 7) is 0.153. The first kappa shape index (κ1) is 16.7. The lowest BCUT2D eigenvalue weighted by molar-refractivity contribution is -0.00120. The van der Waals surface area contributed by atoms with E-state index >= 15 is 0 Å². The van der Waals surface area contributed by atoms with Crippen LogP contribution in [0.3, 0.4) is 0 Å². The number of para-hydroxylation sites is 1. The van der Waals surface area contributed by atoms with Gasteiger partial charge >= 0.3 is 11.7 Å². The number of nitrogens with one attached hydrogen (secondary N) is 4. The average Bonchev–Trinajstić information content (AvgIpc) is 3.06. The van der Waals surface area contributed by atoms with Crippen LogP contribution in [-0.4, -0.2) is 26.8 Å². The van der Waals surface area contributed by atoms with Crippen molar-refractivity contribution in [3.63, 3.8) is 0 Å². The highest BCUT2D eigenvalue weighted by molar-refractivity contribution is 5.74. The van der Waals surface area contributed by atoms with Crippen molar-refractivity contribution in [1.29, 1.82) is 0 Å². The van der Waals surface area contributed by atoms with E-state index in [9.17, 15) is 9.59 Å². The van der Waals surface area contributed by atoms with E-state index in [1.807, 2.05) is 24.3 Å². The molecule has 1 aromatic carbocycles. The predicted octanol–water partition coefficient (Wildman–Crippen LogP) is 2.12. The van der Waals surface area contributed by atoms with Crippen molar-refractivity contribution in [3.8, 4) is 5.75 Å². The summed E-state index contributed by atoms with van der Waals surface area (Å²) in [5.74, 6) is 1.25. The molecular formula is C18H23N5O3. The molecule has 2 aromatic rings. The molecule has 1 aromatic heterocycles. The Hall–Kier alpha value is -2.77. The zero-order valence-corrected chi connectivity index (χ0v) is 14.5. The number of carbonyl (C=O) groups is 1. The summed E-state index contributed by atoms with van der Waals surface area (Å²) in [7, 11) is 0. The number of hydrogen-bond donors (Lipinski definition) is 4. The fourth-order valence-electron chi connectivity index (χ4n) is 4.01. The quantitative estimate of drug-likeness (QED) is 0.674. The fraction of sp³-hybridized carbons (Fsp3) is 0.500. The van der Waals surface area contributed by atoms with Gasteiger partial charge in [0, 0.05) is 12.0 Å². The van der Waals surface area contributed by atoms with Crippen molar-refractivity contribution in [2.75, 3.05) is 0 Å². The summed E-state index contributed by atoms with van der Waals surface area (Å²) in [5, 5.41) is 11.9. The van der Waals surface area contributed by atoms with Gasteiger partial charge in [0.05, 0.1) is 12.6 Å². The molecule has 138 valence electrons. The Morgan fingerprint density at radius 1 is 1.27 bits per heavy atom. The molecule has 1 spiro atoms. The maximum absolute atomic E-state index is 12.4. The molecule has 1 fully saturated rings. The molecule has 1 aliphatic carbocycles. The van der Waals surface area contributed by atoms with Crippen molar-refractivity contribution < 1.29 is 9.53 Å². The minimum atomic E-state index is -0.389. The van der Waals surface area contributed by atoms with Gasteiger partial charge in [-0.15, -0.1) is 0 Å². The molecule has 2 amide bonds. The highest BCUT2D eigenvalue weighted by atomic mass is 16.5. The Morgan fingerprint density at radius 3 is 2.85 bits per heavy atom.